The number of amides is 1. The normalized spacial score (nSPS) is 43.4. The van der Waals surface area contributed by atoms with Gasteiger partial charge < -0.3 is 20.3 Å². The minimum absolute atomic E-state index is 0.269. The molecule has 4 unspecified atom stereocenters. The topological polar surface area (TPSA) is 78.8 Å². The van der Waals surface area contributed by atoms with Gasteiger partial charge in [0, 0.05) is 6.92 Å². The highest BCUT2D eigenvalue weighted by molar-refractivity contribution is 5.73. The van der Waals surface area contributed by atoms with Gasteiger partial charge in [-0.25, -0.2) is 0 Å². The molecule has 1 aliphatic rings. The fraction of sp³-hybridized carbons (Fsp3) is 0.889. The van der Waals surface area contributed by atoms with Crippen molar-refractivity contribution in [3.63, 3.8) is 0 Å². The average Bonchev–Trinajstić information content (AvgIpc) is 2.09. The van der Waals surface area contributed by atoms with Crippen LogP contribution in [0, 0.1) is 0 Å². The van der Waals surface area contributed by atoms with Gasteiger partial charge in [0.1, 0.15) is 12.2 Å². The first-order valence-electron chi connectivity index (χ1n) is 4.72. The van der Waals surface area contributed by atoms with E-state index < -0.39 is 18.2 Å². The number of aliphatic hydroxyl groups is 2. The van der Waals surface area contributed by atoms with Crippen molar-refractivity contribution in [1.29, 1.82) is 0 Å². The Hall–Kier alpha value is -0.650. The lowest BCUT2D eigenvalue weighted by molar-refractivity contribution is -0.174. The van der Waals surface area contributed by atoms with Crippen molar-refractivity contribution >= 4 is 5.91 Å². The zero-order valence-corrected chi connectivity index (χ0v) is 8.60. The van der Waals surface area contributed by atoms with Crippen molar-refractivity contribution in [3.8, 4) is 0 Å². The van der Waals surface area contributed by atoms with E-state index in [0.29, 0.717) is 0 Å². The number of hydrogen-bond acceptors (Lipinski definition) is 4. The average molecular weight is 203 g/mol. The second-order valence-corrected chi connectivity index (χ2v) is 3.75. The Labute approximate surface area is 83.1 Å². The fourth-order valence-corrected chi connectivity index (χ4v) is 1.69. The molecular formula is C9H17NO4. The minimum atomic E-state index is -0.870. The Morgan fingerprint density at radius 2 is 1.64 bits per heavy atom. The van der Waals surface area contributed by atoms with Crippen LogP contribution in [0.5, 0.6) is 0 Å². The summed E-state index contributed by atoms with van der Waals surface area (Å²) in [7, 11) is 0. The van der Waals surface area contributed by atoms with Crippen LogP contribution in [0.15, 0.2) is 0 Å². The molecule has 1 saturated heterocycles. The van der Waals surface area contributed by atoms with E-state index in [-0.39, 0.29) is 18.1 Å². The summed E-state index contributed by atoms with van der Waals surface area (Å²) >= 11 is 0. The summed E-state index contributed by atoms with van der Waals surface area (Å²) < 4.78 is 5.27. The van der Waals surface area contributed by atoms with Gasteiger partial charge in [0.25, 0.3) is 0 Å². The Morgan fingerprint density at radius 3 is 2.00 bits per heavy atom. The molecule has 1 rings (SSSR count). The Balaban J connectivity index is 2.71. The number of rotatable bonds is 1. The van der Waals surface area contributed by atoms with Crippen molar-refractivity contribution in [1.82, 2.24) is 5.32 Å². The zero-order chi connectivity index (χ0) is 10.9. The van der Waals surface area contributed by atoms with Crippen LogP contribution in [0.4, 0.5) is 0 Å². The van der Waals surface area contributed by atoms with Crippen molar-refractivity contribution in [3.05, 3.63) is 0 Å². The van der Waals surface area contributed by atoms with Gasteiger partial charge in [-0.15, -0.1) is 0 Å². The monoisotopic (exact) mass is 203 g/mol. The first-order chi connectivity index (χ1) is 6.43. The van der Waals surface area contributed by atoms with Crippen molar-refractivity contribution in [2.75, 3.05) is 0 Å². The quantitative estimate of drug-likeness (QED) is 0.512. The minimum Gasteiger partial charge on any atom is -0.388 e. The molecular weight excluding hydrogens is 186 g/mol. The molecule has 0 bridgehead atoms. The molecule has 0 radical (unpaired) electrons. The molecule has 14 heavy (non-hydrogen) atoms. The molecule has 4 atom stereocenters. The summed E-state index contributed by atoms with van der Waals surface area (Å²) in [4.78, 5) is 10.8. The van der Waals surface area contributed by atoms with Gasteiger partial charge >= 0.3 is 0 Å². The van der Waals surface area contributed by atoms with Crippen molar-refractivity contribution in [2.24, 2.45) is 0 Å². The van der Waals surface area contributed by atoms with Gasteiger partial charge in [-0.2, -0.15) is 0 Å². The molecule has 1 amide bonds. The lowest BCUT2D eigenvalue weighted by Crippen LogP contribution is -2.62. The number of hydrogen-bond donors (Lipinski definition) is 3. The highest BCUT2D eigenvalue weighted by atomic mass is 16.5. The van der Waals surface area contributed by atoms with Crippen LogP contribution in [0.3, 0.4) is 0 Å². The summed E-state index contributed by atoms with van der Waals surface area (Å²) in [5.41, 5.74) is 0. The molecule has 0 aliphatic carbocycles. The van der Waals surface area contributed by atoms with Gasteiger partial charge in [0.05, 0.1) is 18.2 Å². The van der Waals surface area contributed by atoms with E-state index in [1.165, 1.54) is 6.92 Å². The van der Waals surface area contributed by atoms with E-state index >= 15 is 0 Å². The first kappa shape index (κ1) is 11.4. The van der Waals surface area contributed by atoms with Gasteiger partial charge in [-0.3, -0.25) is 4.79 Å². The molecule has 0 saturated carbocycles. The number of carbonyl (C=O) groups is 1. The van der Waals surface area contributed by atoms with Crippen LogP contribution in [0.25, 0.3) is 0 Å². The van der Waals surface area contributed by atoms with Gasteiger partial charge in [-0.05, 0) is 13.8 Å². The van der Waals surface area contributed by atoms with Crippen LogP contribution in [0.1, 0.15) is 20.8 Å². The summed E-state index contributed by atoms with van der Waals surface area (Å²) in [5, 5.41) is 21.9. The summed E-state index contributed by atoms with van der Waals surface area (Å²) in [5.74, 6) is -0.269. The third-order valence-corrected chi connectivity index (χ3v) is 2.50. The number of nitrogens with one attached hydrogen (secondary N) is 1. The lowest BCUT2D eigenvalue weighted by Gasteiger charge is -2.40. The van der Waals surface area contributed by atoms with Crippen LogP contribution in [-0.4, -0.2) is 46.6 Å². The lowest BCUT2D eigenvalue weighted by atomic mass is 9.94. The molecule has 3 N–H and O–H groups in total. The fourth-order valence-electron chi connectivity index (χ4n) is 1.69. The molecule has 0 aromatic rings. The smallest absolute Gasteiger partial charge is 0.217 e. The maximum atomic E-state index is 10.8. The van der Waals surface area contributed by atoms with E-state index in [2.05, 4.69) is 5.32 Å². The molecule has 1 heterocycles. The van der Waals surface area contributed by atoms with Gasteiger partial charge in [0.2, 0.25) is 5.91 Å². The predicted molar refractivity (Wildman–Crippen MR) is 49.6 cm³/mol. The van der Waals surface area contributed by atoms with E-state index in [4.69, 9.17) is 4.74 Å². The molecule has 0 spiro atoms. The highest BCUT2D eigenvalue weighted by Crippen LogP contribution is 2.20. The van der Waals surface area contributed by atoms with Crippen molar-refractivity contribution in [2.45, 2.75) is 51.2 Å². The largest absolute Gasteiger partial charge is 0.388 e. The second-order valence-electron chi connectivity index (χ2n) is 3.75. The third kappa shape index (κ3) is 2.23. The van der Waals surface area contributed by atoms with Gasteiger partial charge in [-0.1, -0.05) is 0 Å². The standard InChI is InChI=1S/C9H17NO4/c1-4-8(12)7(10-6(3)11)9(13)5(2)14-4/h4-5,7-9,12-13H,1-3H3,(H,10,11). The van der Waals surface area contributed by atoms with Crippen LogP contribution < -0.4 is 5.32 Å². The Bertz CT molecular complexity index is 207. The Morgan fingerprint density at radius 1 is 1.21 bits per heavy atom. The molecule has 5 nitrogen and oxygen atoms in total. The Kier molecular flexibility index (Phi) is 3.47. The maximum absolute atomic E-state index is 10.8. The number of carbonyl (C=O) groups excluding carboxylic acids is 1. The molecule has 0 aromatic carbocycles. The molecule has 1 fully saturated rings. The van der Waals surface area contributed by atoms with Crippen LogP contribution in [-0.2, 0) is 9.53 Å². The summed E-state index contributed by atoms with van der Waals surface area (Å²) in [6.45, 7) is 4.77. The maximum Gasteiger partial charge on any atom is 0.217 e. The summed E-state index contributed by atoms with van der Waals surface area (Å²) in [6.07, 6.45) is -2.51. The molecule has 5 heteroatoms. The predicted octanol–water partition coefficient (Wildman–Crippen LogP) is -0.980. The molecule has 0 aromatic heterocycles. The second kappa shape index (κ2) is 4.25. The third-order valence-electron chi connectivity index (χ3n) is 2.50. The van der Waals surface area contributed by atoms with E-state index in [1.807, 2.05) is 0 Å². The van der Waals surface area contributed by atoms with Crippen LogP contribution in [0.2, 0.25) is 0 Å². The highest BCUT2D eigenvalue weighted by Gasteiger charge is 2.40. The number of ether oxygens (including phenoxy) is 1. The molecule has 1 aliphatic heterocycles. The zero-order valence-electron chi connectivity index (χ0n) is 8.60. The first-order valence-corrected chi connectivity index (χ1v) is 4.72. The van der Waals surface area contributed by atoms with Crippen molar-refractivity contribution < 1.29 is 19.7 Å². The molecule has 82 valence electrons. The van der Waals surface area contributed by atoms with E-state index in [1.54, 1.807) is 13.8 Å². The van der Waals surface area contributed by atoms with Gasteiger partial charge in [0.15, 0.2) is 0 Å². The van der Waals surface area contributed by atoms with E-state index in [0.717, 1.165) is 0 Å². The SMILES string of the molecule is CC(=O)NC1C(O)C(C)OC(C)C1O. The van der Waals surface area contributed by atoms with Crippen LogP contribution >= 0.6 is 0 Å². The number of aliphatic hydroxyl groups excluding tert-OH is 2. The van der Waals surface area contributed by atoms with E-state index in [9.17, 15) is 15.0 Å². The summed E-state index contributed by atoms with van der Waals surface area (Å²) in [6, 6.07) is -0.647.